The SMILES string of the molecule is O=C1OCC[C@@H]1NC(=S)Nc1ccc(Cl)cc1. The molecule has 0 bridgehead atoms. The lowest BCUT2D eigenvalue weighted by atomic mass is 10.2. The number of halogens is 1. The van der Waals surface area contributed by atoms with Crippen molar-refractivity contribution in [3.63, 3.8) is 0 Å². The first-order valence-electron chi connectivity index (χ1n) is 5.15. The Bertz CT molecular complexity index is 436. The van der Waals surface area contributed by atoms with Crippen LogP contribution in [-0.4, -0.2) is 23.7 Å². The third kappa shape index (κ3) is 3.31. The molecule has 0 radical (unpaired) electrons. The van der Waals surface area contributed by atoms with Crippen molar-refractivity contribution in [2.75, 3.05) is 11.9 Å². The zero-order valence-corrected chi connectivity index (χ0v) is 10.5. The lowest BCUT2D eigenvalue weighted by Crippen LogP contribution is -2.40. The number of esters is 1. The van der Waals surface area contributed by atoms with Gasteiger partial charge in [-0.25, -0.2) is 4.79 Å². The molecule has 1 saturated heterocycles. The van der Waals surface area contributed by atoms with Crippen molar-refractivity contribution >= 4 is 40.6 Å². The highest BCUT2D eigenvalue weighted by Gasteiger charge is 2.26. The van der Waals surface area contributed by atoms with Crippen molar-refractivity contribution in [1.82, 2.24) is 5.32 Å². The number of anilines is 1. The van der Waals surface area contributed by atoms with Crippen molar-refractivity contribution < 1.29 is 9.53 Å². The molecule has 0 aromatic heterocycles. The Balaban J connectivity index is 1.88. The molecule has 2 rings (SSSR count). The van der Waals surface area contributed by atoms with E-state index >= 15 is 0 Å². The van der Waals surface area contributed by atoms with Gasteiger partial charge in [0.15, 0.2) is 5.11 Å². The molecule has 1 aromatic carbocycles. The van der Waals surface area contributed by atoms with Crippen molar-refractivity contribution in [3.8, 4) is 0 Å². The van der Waals surface area contributed by atoms with Crippen LogP contribution in [0.5, 0.6) is 0 Å². The molecule has 1 heterocycles. The van der Waals surface area contributed by atoms with Gasteiger partial charge in [0.1, 0.15) is 6.04 Å². The van der Waals surface area contributed by atoms with E-state index < -0.39 is 0 Å². The number of ether oxygens (including phenoxy) is 1. The molecule has 4 nitrogen and oxygen atoms in total. The maximum absolute atomic E-state index is 11.2. The minimum absolute atomic E-state index is 0.259. The van der Waals surface area contributed by atoms with E-state index in [-0.39, 0.29) is 12.0 Å². The first-order valence-corrected chi connectivity index (χ1v) is 5.93. The topological polar surface area (TPSA) is 50.4 Å². The molecule has 0 aliphatic carbocycles. The summed E-state index contributed by atoms with van der Waals surface area (Å²) in [6, 6.07) is 6.79. The van der Waals surface area contributed by atoms with Gasteiger partial charge in [0.25, 0.3) is 0 Å². The van der Waals surface area contributed by atoms with Crippen LogP contribution in [0.3, 0.4) is 0 Å². The van der Waals surface area contributed by atoms with Crippen molar-refractivity contribution in [3.05, 3.63) is 29.3 Å². The van der Waals surface area contributed by atoms with Gasteiger partial charge in [0.2, 0.25) is 0 Å². The Morgan fingerprint density at radius 2 is 2.12 bits per heavy atom. The van der Waals surface area contributed by atoms with E-state index in [1.54, 1.807) is 12.1 Å². The first-order chi connectivity index (χ1) is 8.15. The maximum Gasteiger partial charge on any atom is 0.328 e. The van der Waals surface area contributed by atoms with Crippen molar-refractivity contribution in [1.29, 1.82) is 0 Å². The number of thiocarbonyl (C=S) groups is 1. The van der Waals surface area contributed by atoms with Crippen LogP contribution in [0, 0.1) is 0 Å². The average molecular weight is 271 g/mol. The number of benzene rings is 1. The number of carbonyl (C=O) groups is 1. The third-order valence-electron chi connectivity index (χ3n) is 2.34. The maximum atomic E-state index is 11.2. The molecule has 1 fully saturated rings. The van der Waals surface area contributed by atoms with Crippen LogP contribution < -0.4 is 10.6 Å². The third-order valence-corrected chi connectivity index (χ3v) is 2.81. The Morgan fingerprint density at radius 1 is 1.41 bits per heavy atom. The van der Waals surface area contributed by atoms with Crippen LogP contribution in [0.25, 0.3) is 0 Å². The minimum atomic E-state index is -0.345. The number of cyclic esters (lactones) is 1. The van der Waals surface area contributed by atoms with Crippen molar-refractivity contribution in [2.45, 2.75) is 12.5 Å². The van der Waals surface area contributed by atoms with E-state index in [2.05, 4.69) is 10.6 Å². The summed E-state index contributed by atoms with van der Waals surface area (Å²) >= 11 is 10.9. The molecule has 1 aliphatic rings. The second-order valence-corrected chi connectivity index (χ2v) is 4.46. The zero-order valence-electron chi connectivity index (χ0n) is 8.90. The number of rotatable bonds is 2. The van der Waals surface area contributed by atoms with Gasteiger partial charge in [-0.1, -0.05) is 11.6 Å². The first kappa shape index (κ1) is 12.1. The summed E-state index contributed by atoms with van der Waals surface area (Å²) in [5.74, 6) is -0.259. The number of carbonyl (C=O) groups excluding carboxylic acids is 1. The van der Waals surface area contributed by atoms with E-state index in [1.165, 1.54) is 0 Å². The Labute approximate surface area is 109 Å². The molecule has 1 aliphatic heterocycles. The Morgan fingerprint density at radius 3 is 2.71 bits per heavy atom. The summed E-state index contributed by atoms with van der Waals surface area (Å²) in [5, 5.41) is 6.94. The predicted molar refractivity (Wildman–Crippen MR) is 70.2 cm³/mol. The summed E-state index contributed by atoms with van der Waals surface area (Å²) in [6.07, 6.45) is 0.640. The van der Waals surface area contributed by atoms with Crippen LogP contribution in [0.15, 0.2) is 24.3 Å². The molecule has 6 heteroatoms. The predicted octanol–water partition coefficient (Wildman–Crippen LogP) is 1.94. The van der Waals surface area contributed by atoms with Gasteiger partial charge in [-0.2, -0.15) is 0 Å². The van der Waals surface area contributed by atoms with E-state index in [1.807, 2.05) is 12.1 Å². The Hall–Kier alpha value is -1.33. The molecular weight excluding hydrogens is 260 g/mol. The quantitative estimate of drug-likeness (QED) is 0.635. The number of hydrogen-bond donors (Lipinski definition) is 2. The summed E-state index contributed by atoms with van der Waals surface area (Å²) in [5.41, 5.74) is 0.818. The Kier molecular flexibility index (Phi) is 3.81. The minimum Gasteiger partial charge on any atom is -0.464 e. The van der Waals surface area contributed by atoms with E-state index in [9.17, 15) is 4.79 Å². The lowest BCUT2D eigenvalue weighted by Gasteiger charge is -2.13. The smallest absolute Gasteiger partial charge is 0.328 e. The molecule has 17 heavy (non-hydrogen) atoms. The van der Waals surface area contributed by atoms with Gasteiger partial charge in [0, 0.05) is 17.1 Å². The van der Waals surface area contributed by atoms with Crippen LogP contribution >= 0.6 is 23.8 Å². The standard InChI is InChI=1S/C11H11ClN2O2S/c12-7-1-3-8(4-2-7)13-11(17)14-9-5-6-16-10(9)15/h1-4,9H,5-6H2,(H2,13,14,17)/t9-/m0/s1. The number of nitrogens with one attached hydrogen (secondary N) is 2. The van der Waals surface area contributed by atoms with Gasteiger partial charge in [-0.05, 0) is 36.5 Å². The number of hydrogen-bond acceptors (Lipinski definition) is 3. The zero-order chi connectivity index (χ0) is 12.3. The molecule has 1 aromatic rings. The van der Waals surface area contributed by atoms with Gasteiger partial charge in [0.05, 0.1) is 6.61 Å². The van der Waals surface area contributed by atoms with E-state index in [4.69, 9.17) is 28.6 Å². The largest absolute Gasteiger partial charge is 0.464 e. The van der Waals surface area contributed by atoms with Crippen LogP contribution in [0.2, 0.25) is 5.02 Å². The fraction of sp³-hybridized carbons (Fsp3) is 0.273. The fourth-order valence-electron chi connectivity index (χ4n) is 1.49. The summed E-state index contributed by atoms with van der Waals surface area (Å²) < 4.78 is 4.83. The van der Waals surface area contributed by atoms with Gasteiger partial charge in [-0.15, -0.1) is 0 Å². The molecule has 0 spiro atoms. The van der Waals surface area contributed by atoms with Crippen LogP contribution in [-0.2, 0) is 9.53 Å². The fourth-order valence-corrected chi connectivity index (χ4v) is 1.87. The van der Waals surface area contributed by atoms with Crippen molar-refractivity contribution in [2.24, 2.45) is 0 Å². The van der Waals surface area contributed by atoms with Crippen LogP contribution in [0.4, 0.5) is 5.69 Å². The second-order valence-electron chi connectivity index (χ2n) is 3.61. The highest BCUT2D eigenvalue weighted by Crippen LogP contribution is 2.13. The van der Waals surface area contributed by atoms with Gasteiger partial charge in [-0.3, -0.25) is 0 Å². The van der Waals surface area contributed by atoms with Gasteiger partial charge < -0.3 is 15.4 Å². The van der Waals surface area contributed by atoms with E-state index in [0.29, 0.717) is 23.2 Å². The van der Waals surface area contributed by atoms with E-state index in [0.717, 1.165) is 5.69 Å². The highest BCUT2D eigenvalue weighted by molar-refractivity contribution is 7.80. The normalized spacial score (nSPS) is 18.6. The second kappa shape index (κ2) is 5.33. The molecule has 90 valence electrons. The lowest BCUT2D eigenvalue weighted by molar-refractivity contribution is -0.139. The van der Waals surface area contributed by atoms with Gasteiger partial charge >= 0.3 is 5.97 Å². The highest BCUT2D eigenvalue weighted by atomic mass is 35.5. The summed E-state index contributed by atoms with van der Waals surface area (Å²) in [7, 11) is 0. The molecule has 2 N–H and O–H groups in total. The molecule has 1 atom stereocenters. The molecular formula is C11H11ClN2O2S. The molecule has 0 amide bonds. The summed E-state index contributed by atoms with van der Waals surface area (Å²) in [4.78, 5) is 11.2. The monoisotopic (exact) mass is 270 g/mol. The van der Waals surface area contributed by atoms with Crippen LogP contribution in [0.1, 0.15) is 6.42 Å². The average Bonchev–Trinajstić information content (AvgIpc) is 2.68. The molecule has 0 unspecified atom stereocenters. The molecule has 0 saturated carbocycles. The summed E-state index contributed by atoms with van der Waals surface area (Å²) in [6.45, 7) is 0.445.